The van der Waals surface area contributed by atoms with Crippen LogP contribution in [-0.4, -0.2) is 40.7 Å². The molecule has 19 heavy (non-hydrogen) atoms. The highest BCUT2D eigenvalue weighted by molar-refractivity contribution is 5.48. The molecule has 1 aromatic carbocycles. The van der Waals surface area contributed by atoms with E-state index < -0.39 is 10.5 Å². The highest BCUT2D eigenvalue weighted by atomic mass is 16.6. The van der Waals surface area contributed by atoms with Crippen LogP contribution in [0.4, 0.5) is 5.69 Å². The van der Waals surface area contributed by atoms with Gasteiger partial charge in [-0.05, 0) is 25.0 Å². The highest BCUT2D eigenvalue weighted by Crippen LogP contribution is 2.29. The first kappa shape index (κ1) is 13.8. The van der Waals surface area contributed by atoms with Gasteiger partial charge in [0.05, 0.1) is 17.6 Å². The van der Waals surface area contributed by atoms with Gasteiger partial charge in [0.2, 0.25) is 0 Å². The molecule has 0 aromatic heterocycles. The Morgan fingerprint density at radius 1 is 1.58 bits per heavy atom. The van der Waals surface area contributed by atoms with Gasteiger partial charge in [0, 0.05) is 25.7 Å². The standard InChI is InChI=1S/C13H18N2O4/c1-13(16)5-6-14(9-13)8-10-3-4-12(19-2)11(7-10)15(17)18/h3-4,7,16H,5-6,8-9H2,1-2H3. The molecule has 1 heterocycles. The van der Waals surface area contributed by atoms with Gasteiger partial charge in [-0.25, -0.2) is 0 Å². The first-order chi connectivity index (χ1) is 8.91. The van der Waals surface area contributed by atoms with Crippen molar-refractivity contribution in [2.45, 2.75) is 25.5 Å². The van der Waals surface area contributed by atoms with Crippen molar-refractivity contribution in [2.75, 3.05) is 20.2 Å². The summed E-state index contributed by atoms with van der Waals surface area (Å²) in [6, 6.07) is 4.96. The maximum atomic E-state index is 10.9. The molecule has 1 aliphatic rings. The average molecular weight is 266 g/mol. The smallest absolute Gasteiger partial charge is 0.311 e. The average Bonchev–Trinajstić information content (AvgIpc) is 2.68. The van der Waals surface area contributed by atoms with E-state index in [0.717, 1.165) is 18.5 Å². The molecule has 0 amide bonds. The van der Waals surface area contributed by atoms with Crippen LogP contribution in [0.3, 0.4) is 0 Å². The third-order valence-electron chi connectivity index (χ3n) is 3.38. The van der Waals surface area contributed by atoms with Gasteiger partial charge in [0.15, 0.2) is 5.75 Å². The van der Waals surface area contributed by atoms with E-state index in [4.69, 9.17) is 4.74 Å². The van der Waals surface area contributed by atoms with Crippen LogP contribution in [0, 0.1) is 10.1 Å². The molecule has 6 heteroatoms. The summed E-state index contributed by atoms with van der Waals surface area (Å²) in [4.78, 5) is 12.6. The van der Waals surface area contributed by atoms with Gasteiger partial charge >= 0.3 is 5.69 Å². The fourth-order valence-corrected chi connectivity index (χ4v) is 2.41. The number of aliphatic hydroxyl groups is 1. The highest BCUT2D eigenvalue weighted by Gasteiger charge is 2.31. The van der Waals surface area contributed by atoms with Crippen molar-refractivity contribution in [2.24, 2.45) is 0 Å². The summed E-state index contributed by atoms with van der Waals surface area (Å²) < 4.78 is 4.97. The molecule has 1 saturated heterocycles. The minimum absolute atomic E-state index is 0.0223. The summed E-state index contributed by atoms with van der Waals surface area (Å²) >= 11 is 0. The normalized spacial score (nSPS) is 23.5. The van der Waals surface area contributed by atoms with Gasteiger partial charge in [-0.1, -0.05) is 6.07 Å². The number of rotatable bonds is 4. The van der Waals surface area contributed by atoms with Crippen LogP contribution in [-0.2, 0) is 6.54 Å². The number of hydrogen-bond acceptors (Lipinski definition) is 5. The van der Waals surface area contributed by atoms with Gasteiger partial charge in [-0.2, -0.15) is 0 Å². The number of benzene rings is 1. The van der Waals surface area contributed by atoms with Crippen LogP contribution < -0.4 is 4.74 Å². The lowest BCUT2D eigenvalue weighted by molar-refractivity contribution is -0.385. The van der Waals surface area contributed by atoms with Gasteiger partial charge in [0.25, 0.3) is 0 Å². The molecule has 1 fully saturated rings. The fourth-order valence-electron chi connectivity index (χ4n) is 2.41. The molecule has 0 saturated carbocycles. The maximum Gasteiger partial charge on any atom is 0.311 e. The molecule has 0 bridgehead atoms. The minimum Gasteiger partial charge on any atom is -0.490 e. The van der Waals surface area contributed by atoms with E-state index >= 15 is 0 Å². The van der Waals surface area contributed by atoms with Crippen molar-refractivity contribution >= 4 is 5.69 Å². The summed E-state index contributed by atoms with van der Waals surface area (Å²) in [6.07, 6.45) is 0.727. The Labute approximate surface area is 111 Å². The SMILES string of the molecule is COc1ccc(CN2CCC(C)(O)C2)cc1[N+](=O)[O-]. The lowest BCUT2D eigenvalue weighted by Crippen LogP contribution is -2.29. The minimum atomic E-state index is -0.654. The monoisotopic (exact) mass is 266 g/mol. The Bertz CT molecular complexity index is 488. The van der Waals surface area contributed by atoms with Crippen molar-refractivity contribution in [1.29, 1.82) is 0 Å². The first-order valence-corrected chi connectivity index (χ1v) is 6.17. The second-order valence-electron chi connectivity index (χ2n) is 5.22. The molecule has 104 valence electrons. The molecule has 1 aromatic rings. The molecular weight excluding hydrogens is 248 g/mol. The van der Waals surface area contributed by atoms with Crippen molar-refractivity contribution in [3.63, 3.8) is 0 Å². The van der Waals surface area contributed by atoms with E-state index in [1.807, 2.05) is 13.0 Å². The van der Waals surface area contributed by atoms with Crippen LogP contribution in [0.25, 0.3) is 0 Å². The second kappa shape index (κ2) is 5.14. The third-order valence-corrected chi connectivity index (χ3v) is 3.38. The number of methoxy groups -OCH3 is 1. The van der Waals surface area contributed by atoms with E-state index in [1.165, 1.54) is 13.2 Å². The number of nitro groups is 1. The molecule has 2 rings (SSSR count). The predicted octanol–water partition coefficient (Wildman–Crippen LogP) is 1.56. The zero-order chi connectivity index (χ0) is 14.0. The van der Waals surface area contributed by atoms with E-state index in [2.05, 4.69) is 4.90 Å². The second-order valence-corrected chi connectivity index (χ2v) is 5.22. The number of hydrogen-bond donors (Lipinski definition) is 1. The number of nitrogens with zero attached hydrogens (tertiary/aromatic N) is 2. The molecule has 1 atom stereocenters. The number of nitro benzene ring substituents is 1. The molecule has 0 aliphatic carbocycles. The summed E-state index contributed by atoms with van der Waals surface area (Å²) in [5.74, 6) is 0.266. The first-order valence-electron chi connectivity index (χ1n) is 6.17. The topological polar surface area (TPSA) is 75.8 Å². The number of β-amino-alcohol motifs (C(OH)–C–C–N with tert-alkyl or cyclic N) is 1. The van der Waals surface area contributed by atoms with Crippen molar-refractivity contribution in [1.82, 2.24) is 4.90 Å². The molecule has 1 N–H and O–H groups in total. The molecule has 0 spiro atoms. The maximum absolute atomic E-state index is 10.9. The van der Waals surface area contributed by atoms with E-state index in [-0.39, 0.29) is 11.4 Å². The predicted molar refractivity (Wildman–Crippen MR) is 70.2 cm³/mol. The van der Waals surface area contributed by atoms with Gasteiger partial charge in [0.1, 0.15) is 0 Å². The molecule has 1 aliphatic heterocycles. The Morgan fingerprint density at radius 3 is 2.84 bits per heavy atom. The molecule has 1 unspecified atom stereocenters. The van der Waals surface area contributed by atoms with E-state index in [1.54, 1.807) is 6.07 Å². The lowest BCUT2D eigenvalue weighted by atomic mass is 10.1. The van der Waals surface area contributed by atoms with Crippen LogP contribution in [0.1, 0.15) is 18.9 Å². The molecule has 6 nitrogen and oxygen atoms in total. The third kappa shape index (κ3) is 3.21. The zero-order valence-corrected chi connectivity index (χ0v) is 11.1. The van der Waals surface area contributed by atoms with Gasteiger partial charge in [-0.15, -0.1) is 0 Å². The van der Waals surface area contributed by atoms with Gasteiger partial charge < -0.3 is 9.84 Å². The molecule has 0 radical (unpaired) electrons. The van der Waals surface area contributed by atoms with E-state index in [0.29, 0.717) is 13.1 Å². The quantitative estimate of drug-likeness (QED) is 0.661. The van der Waals surface area contributed by atoms with Crippen molar-refractivity contribution in [3.05, 3.63) is 33.9 Å². The lowest BCUT2D eigenvalue weighted by Gasteiger charge is -2.18. The van der Waals surface area contributed by atoms with E-state index in [9.17, 15) is 15.2 Å². The summed E-state index contributed by atoms with van der Waals surface area (Å²) in [5, 5.41) is 20.8. The van der Waals surface area contributed by atoms with Crippen molar-refractivity contribution < 1.29 is 14.8 Å². The Hall–Kier alpha value is -1.66. The Morgan fingerprint density at radius 2 is 2.32 bits per heavy atom. The van der Waals surface area contributed by atoms with Crippen LogP contribution >= 0.6 is 0 Å². The molecular formula is C13H18N2O4. The number of likely N-dealkylation sites (tertiary alicyclic amines) is 1. The number of ether oxygens (including phenoxy) is 1. The summed E-state index contributed by atoms with van der Waals surface area (Å²) in [5.41, 5.74) is 0.175. The van der Waals surface area contributed by atoms with Crippen LogP contribution in [0.2, 0.25) is 0 Å². The van der Waals surface area contributed by atoms with Gasteiger partial charge in [-0.3, -0.25) is 15.0 Å². The Balaban J connectivity index is 2.13. The zero-order valence-electron chi connectivity index (χ0n) is 11.1. The summed E-state index contributed by atoms with van der Waals surface area (Å²) in [7, 11) is 1.42. The van der Waals surface area contributed by atoms with Crippen LogP contribution in [0.5, 0.6) is 5.75 Å². The largest absolute Gasteiger partial charge is 0.490 e. The fraction of sp³-hybridized carbons (Fsp3) is 0.538. The van der Waals surface area contributed by atoms with Crippen molar-refractivity contribution in [3.8, 4) is 5.75 Å². The van der Waals surface area contributed by atoms with Crippen LogP contribution in [0.15, 0.2) is 18.2 Å². The Kier molecular flexibility index (Phi) is 3.73. The summed E-state index contributed by atoms with van der Waals surface area (Å²) in [6.45, 7) is 3.80.